The van der Waals surface area contributed by atoms with E-state index in [4.69, 9.17) is 0 Å². The third-order valence-corrected chi connectivity index (χ3v) is 4.03. The highest BCUT2D eigenvalue weighted by molar-refractivity contribution is 9.10. The number of rotatable bonds is 1. The number of aromatic nitrogens is 1. The Balaban J connectivity index is 2.15. The van der Waals surface area contributed by atoms with Crippen LogP contribution in [0.1, 0.15) is 24.2 Å². The Morgan fingerprint density at radius 2 is 1.94 bits per heavy atom. The third kappa shape index (κ3) is 2.72. The van der Waals surface area contributed by atoms with Gasteiger partial charge in [0.05, 0.1) is 5.56 Å². The lowest BCUT2D eigenvalue weighted by Gasteiger charge is -2.42. The molecule has 98 valence electrons. The van der Waals surface area contributed by atoms with Gasteiger partial charge in [-0.15, -0.1) is 0 Å². The van der Waals surface area contributed by atoms with Crippen LogP contribution in [0.2, 0.25) is 0 Å². The molecule has 1 amide bonds. The van der Waals surface area contributed by atoms with Crippen molar-refractivity contribution in [3.8, 4) is 0 Å². The van der Waals surface area contributed by atoms with Gasteiger partial charge in [-0.1, -0.05) is 0 Å². The first kappa shape index (κ1) is 13.5. The van der Waals surface area contributed by atoms with Gasteiger partial charge in [-0.2, -0.15) is 0 Å². The molecule has 2 rings (SSSR count). The van der Waals surface area contributed by atoms with Crippen LogP contribution in [0, 0.1) is 0 Å². The second kappa shape index (κ2) is 5.36. The summed E-state index contributed by atoms with van der Waals surface area (Å²) >= 11 is 3.35. The molecule has 4 nitrogen and oxygen atoms in total. The van der Waals surface area contributed by atoms with Crippen LogP contribution < -0.4 is 0 Å². The van der Waals surface area contributed by atoms with Gasteiger partial charge in [0.25, 0.3) is 5.91 Å². The van der Waals surface area contributed by atoms with E-state index < -0.39 is 0 Å². The summed E-state index contributed by atoms with van der Waals surface area (Å²) < 4.78 is 0.837. The zero-order valence-electron chi connectivity index (χ0n) is 10.9. The fourth-order valence-corrected chi connectivity index (χ4v) is 2.65. The predicted octanol–water partition coefficient (Wildman–Crippen LogP) is 2.01. The lowest BCUT2D eigenvalue weighted by molar-refractivity contribution is 0.0414. The summed E-state index contributed by atoms with van der Waals surface area (Å²) in [7, 11) is 2.11. The second-order valence-electron chi connectivity index (χ2n) is 4.97. The van der Waals surface area contributed by atoms with E-state index in [2.05, 4.69) is 46.7 Å². The predicted molar refractivity (Wildman–Crippen MR) is 74.5 cm³/mol. The molecule has 2 unspecified atom stereocenters. The van der Waals surface area contributed by atoms with Crippen molar-refractivity contribution in [1.82, 2.24) is 14.8 Å². The second-order valence-corrected chi connectivity index (χ2v) is 5.88. The van der Waals surface area contributed by atoms with Crippen LogP contribution in [0.4, 0.5) is 0 Å². The molecule has 0 aliphatic carbocycles. The molecule has 0 spiro atoms. The van der Waals surface area contributed by atoms with E-state index in [9.17, 15) is 4.79 Å². The summed E-state index contributed by atoms with van der Waals surface area (Å²) in [6, 6.07) is 2.60. The largest absolute Gasteiger partial charge is 0.335 e. The SMILES string of the molecule is CC1CN(C(=O)c2cncc(Br)c2)CC(C)N1C. The number of halogens is 1. The maximum absolute atomic E-state index is 12.4. The van der Waals surface area contributed by atoms with E-state index in [-0.39, 0.29) is 5.91 Å². The maximum atomic E-state index is 12.4. The third-order valence-electron chi connectivity index (χ3n) is 3.60. The standard InChI is InChI=1S/C13H18BrN3O/c1-9-7-17(8-10(2)16(9)3)13(18)11-4-12(14)6-15-5-11/h4-6,9-10H,7-8H2,1-3H3. The van der Waals surface area contributed by atoms with Crippen molar-refractivity contribution < 1.29 is 4.79 Å². The minimum atomic E-state index is 0.0654. The highest BCUT2D eigenvalue weighted by Gasteiger charge is 2.29. The number of hydrogen-bond donors (Lipinski definition) is 0. The van der Waals surface area contributed by atoms with Gasteiger partial charge < -0.3 is 4.90 Å². The number of piperazine rings is 1. The van der Waals surface area contributed by atoms with E-state index in [0.29, 0.717) is 17.6 Å². The van der Waals surface area contributed by atoms with Crippen LogP contribution in [0.15, 0.2) is 22.9 Å². The van der Waals surface area contributed by atoms with E-state index in [1.165, 1.54) is 0 Å². The average Bonchev–Trinajstić information content (AvgIpc) is 2.34. The first-order chi connectivity index (χ1) is 8.49. The Kier molecular flexibility index (Phi) is 4.02. The van der Waals surface area contributed by atoms with E-state index >= 15 is 0 Å². The van der Waals surface area contributed by atoms with Crippen molar-refractivity contribution in [2.24, 2.45) is 0 Å². The molecule has 5 heteroatoms. The summed E-state index contributed by atoms with van der Waals surface area (Å²) in [5.41, 5.74) is 0.647. The molecule has 18 heavy (non-hydrogen) atoms. The number of carbonyl (C=O) groups is 1. The molecule has 1 aromatic heterocycles. The van der Waals surface area contributed by atoms with Crippen molar-refractivity contribution in [1.29, 1.82) is 0 Å². The number of likely N-dealkylation sites (N-methyl/N-ethyl adjacent to an activating group) is 1. The zero-order valence-corrected chi connectivity index (χ0v) is 12.5. The van der Waals surface area contributed by atoms with Gasteiger partial charge in [-0.05, 0) is 42.9 Å². The van der Waals surface area contributed by atoms with Gasteiger partial charge in [0.1, 0.15) is 0 Å². The van der Waals surface area contributed by atoms with Crippen LogP contribution in [0.5, 0.6) is 0 Å². The topological polar surface area (TPSA) is 36.4 Å². The lowest BCUT2D eigenvalue weighted by atomic mass is 10.1. The van der Waals surface area contributed by atoms with Crippen molar-refractivity contribution in [2.75, 3.05) is 20.1 Å². The minimum absolute atomic E-state index is 0.0654. The fourth-order valence-electron chi connectivity index (χ4n) is 2.28. The Bertz CT molecular complexity index is 440. The first-order valence-corrected chi connectivity index (χ1v) is 6.90. The van der Waals surface area contributed by atoms with E-state index in [1.54, 1.807) is 12.4 Å². The van der Waals surface area contributed by atoms with Crippen molar-refractivity contribution >= 4 is 21.8 Å². The smallest absolute Gasteiger partial charge is 0.255 e. The zero-order chi connectivity index (χ0) is 13.3. The highest BCUT2D eigenvalue weighted by Crippen LogP contribution is 2.17. The van der Waals surface area contributed by atoms with Crippen LogP contribution in [0.25, 0.3) is 0 Å². The molecule has 0 radical (unpaired) electrons. The van der Waals surface area contributed by atoms with Crippen LogP contribution in [-0.4, -0.2) is 52.9 Å². The van der Waals surface area contributed by atoms with Crippen LogP contribution >= 0.6 is 15.9 Å². The quantitative estimate of drug-likeness (QED) is 0.796. The number of hydrogen-bond acceptors (Lipinski definition) is 3. The molecular formula is C13H18BrN3O. The van der Waals surface area contributed by atoms with Gasteiger partial charge >= 0.3 is 0 Å². The molecule has 1 saturated heterocycles. The maximum Gasteiger partial charge on any atom is 0.255 e. The Hall–Kier alpha value is -0.940. The molecule has 0 N–H and O–H groups in total. The fraction of sp³-hybridized carbons (Fsp3) is 0.538. The van der Waals surface area contributed by atoms with Gasteiger partial charge in [0, 0.05) is 42.0 Å². The Morgan fingerprint density at radius 1 is 1.33 bits per heavy atom. The van der Waals surface area contributed by atoms with Crippen LogP contribution in [0.3, 0.4) is 0 Å². The number of pyridine rings is 1. The monoisotopic (exact) mass is 311 g/mol. The Labute approximate surface area is 116 Å². The number of carbonyl (C=O) groups excluding carboxylic acids is 1. The van der Waals surface area contributed by atoms with Gasteiger partial charge in [0.2, 0.25) is 0 Å². The number of amides is 1. The summed E-state index contributed by atoms with van der Waals surface area (Å²) in [6.45, 7) is 5.84. The molecule has 0 bridgehead atoms. The normalized spacial score (nSPS) is 25.2. The first-order valence-electron chi connectivity index (χ1n) is 6.11. The molecular weight excluding hydrogens is 294 g/mol. The van der Waals surface area contributed by atoms with Crippen molar-refractivity contribution in [3.63, 3.8) is 0 Å². The van der Waals surface area contributed by atoms with Crippen molar-refractivity contribution in [2.45, 2.75) is 25.9 Å². The molecule has 2 heterocycles. The molecule has 0 saturated carbocycles. The summed E-state index contributed by atoms with van der Waals surface area (Å²) in [5.74, 6) is 0.0654. The lowest BCUT2D eigenvalue weighted by Crippen LogP contribution is -2.56. The minimum Gasteiger partial charge on any atom is -0.335 e. The highest BCUT2D eigenvalue weighted by atomic mass is 79.9. The van der Waals surface area contributed by atoms with E-state index in [1.807, 2.05) is 11.0 Å². The van der Waals surface area contributed by atoms with Crippen LogP contribution in [-0.2, 0) is 0 Å². The van der Waals surface area contributed by atoms with E-state index in [0.717, 1.165) is 17.6 Å². The van der Waals surface area contributed by atoms with Gasteiger partial charge in [0.15, 0.2) is 0 Å². The molecule has 2 atom stereocenters. The molecule has 1 aromatic rings. The number of nitrogens with zero attached hydrogens (tertiary/aromatic N) is 3. The summed E-state index contributed by atoms with van der Waals surface area (Å²) in [6.07, 6.45) is 3.31. The Morgan fingerprint density at radius 3 is 2.50 bits per heavy atom. The van der Waals surface area contributed by atoms with Gasteiger partial charge in [-0.25, -0.2) is 0 Å². The summed E-state index contributed by atoms with van der Waals surface area (Å²) in [5, 5.41) is 0. The van der Waals surface area contributed by atoms with Gasteiger partial charge in [-0.3, -0.25) is 14.7 Å². The summed E-state index contributed by atoms with van der Waals surface area (Å²) in [4.78, 5) is 20.7. The average molecular weight is 312 g/mol. The molecule has 0 aromatic carbocycles. The molecule has 1 aliphatic rings. The molecule has 1 fully saturated rings. The van der Waals surface area contributed by atoms with Crippen molar-refractivity contribution in [3.05, 3.63) is 28.5 Å². The molecule has 1 aliphatic heterocycles.